The van der Waals surface area contributed by atoms with Crippen LogP contribution in [0.1, 0.15) is 15.9 Å². The average molecular weight is 439 g/mol. The molecule has 0 radical (unpaired) electrons. The summed E-state index contributed by atoms with van der Waals surface area (Å²) in [5.74, 6) is -0.134. The van der Waals surface area contributed by atoms with Gasteiger partial charge in [-0.2, -0.15) is 0 Å². The Morgan fingerprint density at radius 1 is 0.871 bits per heavy atom. The Morgan fingerprint density at radius 2 is 1.52 bits per heavy atom. The molecule has 0 atom stereocenters. The maximum atomic E-state index is 12.4. The van der Waals surface area contributed by atoms with Gasteiger partial charge in [0.25, 0.3) is 10.0 Å². The minimum Gasteiger partial charge on any atom is -0.490 e. The lowest BCUT2D eigenvalue weighted by atomic mass is 10.2. The maximum absolute atomic E-state index is 12.4. The van der Waals surface area contributed by atoms with Gasteiger partial charge in [-0.25, -0.2) is 13.2 Å². The Morgan fingerprint density at radius 3 is 2.23 bits per heavy atom. The molecule has 0 aromatic heterocycles. The molecule has 0 aliphatic heterocycles. The van der Waals surface area contributed by atoms with Gasteiger partial charge in [0, 0.05) is 0 Å². The Kier molecular flexibility index (Phi) is 7.29. The monoisotopic (exact) mass is 439 g/mol. The molecule has 0 saturated carbocycles. The zero-order valence-electron chi connectivity index (χ0n) is 16.5. The van der Waals surface area contributed by atoms with E-state index < -0.39 is 16.0 Å². The molecule has 0 saturated heterocycles. The van der Waals surface area contributed by atoms with Crippen LogP contribution < -0.4 is 14.2 Å². The SMILES string of the molecule is O=C(O)c1ccc(OCCOc2ccccc2NS(=O)(=O)C=Cc2ccccc2)cc1. The molecule has 0 spiro atoms. The lowest BCUT2D eigenvalue weighted by Crippen LogP contribution is -2.13. The van der Waals surface area contributed by atoms with Crippen LogP contribution in [0.25, 0.3) is 6.08 Å². The fourth-order valence-corrected chi connectivity index (χ4v) is 3.48. The van der Waals surface area contributed by atoms with Crippen molar-refractivity contribution in [3.05, 3.63) is 95.4 Å². The molecule has 31 heavy (non-hydrogen) atoms. The van der Waals surface area contributed by atoms with Crippen molar-refractivity contribution in [2.24, 2.45) is 0 Å². The van der Waals surface area contributed by atoms with E-state index in [0.29, 0.717) is 17.2 Å². The van der Waals surface area contributed by atoms with Gasteiger partial charge in [0.15, 0.2) is 0 Å². The van der Waals surface area contributed by atoms with Gasteiger partial charge in [0.2, 0.25) is 0 Å². The molecule has 8 heteroatoms. The lowest BCUT2D eigenvalue weighted by Gasteiger charge is -2.13. The van der Waals surface area contributed by atoms with Gasteiger partial charge in [0.05, 0.1) is 16.7 Å². The van der Waals surface area contributed by atoms with Crippen molar-refractivity contribution in [3.63, 3.8) is 0 Å². The highest BCUT2D eigenvalue weighted by Gasteiger charge is 2.10. The van der Waals surface area contributed by atoms with Crippen molar-refractivity contribution in [1.29, 1.82) is 0 Å². The molecule has 160 valence electrons. The van der Waals surface area contributed by atoms with Crippen LogP contribution in [0.4, 0.5) is 5.69 Å². The first-order chi connectivity index (χ1) is 14.9. The predicted molar refractivity (Wildman–Crippen MR) is 119 cm³/mol. The summed E-state index contributed by atoms with van der Waals surface area (Å²) >= 11 is 0. The van der Waals surface area contributed by atoms with Crippen LogP contribution >= 0.6 is 0 Å². The van der Waals surface area contributed by atoms with Crippen LogP contribution in [-0.4, -0.2) is 32.7 Å². The number of benzene rings is 3. The van der Waals surface area contributed by atoms with Crippen LogP contribution in [0, 0.1) is 0 Å². The minimum absolute atomic E-state index is 0.166. The highest BCUT2D eigenvalue weighted by Crippen LogP contribution is 2.25. The second-order valence-corrected chi connectivity index (χ2v) is 7.95. The molecule has 2 N–H and O–H groups in total. The summed E-state index contributed by atoms with van der Waals surface area (Å²) in [7, 11) is -3.73. The fourth-order valence-electron chi connectivity index (χ4n) is 2.60. The van der Waals surface area contributed by atoms with Gasteiger partial charge in [-0.1, -0.05) is 42.5 Å². The first kappa shape index (κ1) is 21.9. The van der Waals surface area contributed by atoms with Gasteiger partial charge < -0.3 is 14.6 Å². The van der Waals surface area contributed by atoms with Gasteiger partial charge in [0.1, 0.15) is 24.7 Å². The number of carboxylic acid groups (broad SMARTS) is 1. The molecule has 0 amide bonds. The number of carboxylic acids is 1. The molecular weight excluding hydrogens is 418 g/mol. The summed E-state index contributed by atoms with van der Waals surface area (Å²) in [6, 6.07) is 21.8. The van der Waals surface area contributed by atoms with Crippen molar-refractivity contribution in [2.75, 3.05) is 17.9 Å². The molecule has 0 aliphatic carbocycles. The van der Waals surface area contributed by atoms with Crippen molar-refractivity contribution in [1.82, 2.24) is 0 Å². The molecule has 0 unspecified atom stereocenters. The zero-order valence-corrected chi connectivity index (χ0v) is 17.3. The molecule has 0 heterocycles. The molecule has 0 fully saturated rings. The fraction of sp³-hybridized carbons (Fsp3) is 0.0870. The number of ether oxygens (including phenoxy) is 2. The van der Waals surface area contributed by atoms with Gasteiger partial charge in [-0.05, 0) is 48.0 Å². The van der Waals surface area contributed by atoms with E-state index in [0.717, 1.165) is 11.0 Å². The summed E-state index contributed by atoms with van der Waals surface area (Å²) in [6.07, 6.45) is 1.51. The maximum Gasteiger partial charge on any atom is 0.335 e. The Labute approximate surface area is 180 Å². The van der Waals surface area contributed by atoms with Crippen molar-refractivity contribution >= 4 is 27.8 Å². The molecule has 7 nitrogen and oxygen atoms in total. The second kappa shape index (κ2) is 10.3. The molecule has 3 rings (SSSR count). The Bertz CT molecular complexity index is 1140. The van der Waals surface area contributed by atoms with E-state index in [1.165, 1.54) is 18.2 Å². The van der Waals surface area contributed by atoms with Crippen LogP contribution in [0.2, 0.25) is 0 Å². The standard InChI is InChI=1S/C23H21NO6S/c25-23(26)19-10-12-20(13-11-19)29-15-16-30-22-9-5-4-8-21(22)24-31(27,28)17-14-18-6-2-1-3-7-18/h1-14,17,24H,15-16H2,(H,25,26). The van der Waals surface area contributed by atoms with E-state index in [2.05, 4.69) is 4.72 Å². The van der Waals surface area contributed by atoms with Crippen LogP contribution in [-0.2, 0) is 10.0 Å². The molecule has 0 bridgehead atoms. The highest BCUT2D eigenvalue weighted by molar-refractivity contribution is 7.95. The third-order valence-electron chi connectivity index (χ3n) is 4.09. The summed E-state index contributed by atoms with van der Waals surface area (Å²) in [4.78, 5) is 10.9. The highest BCUT2D eigenvalue weighted by atomic mass is 32.2. The number of hydrogen-bond donors (Lipinski definition) is 2. The number of nitrogens with one attached hydrogen (secondary N) is 1. The van der Waals surface area contributed by atoms with E-state index in [4.69, 9.17) is 14.6 Å². The first-order valence-corrected chi connectivity index (χ1v) is 10.9. The van der Waals surface area contributed by atoms with Crippen molar-refractivity contribution < 1.29 is 27.8 Å². The van der Waals surface area contributed by atoms with Gasteiger partial charge >= 0.3 is 5.97 Å². The minimum atomic E-state index is -3.73. The molecule has 3 aromatic rings. The molecule has 0 aliphatic rings. The lowest BCUT2D eigenvalue weighted by molar-refractivity contribution is 0.0697. The molecule has 3 aromatic carbocycles. The summed E-state index contributed by atoms with van der Waals surface area (Å²) in [5, 5.41) is 10.0. The second-order valence-electron chi connectivity index (χ2n) is 6.38. The van der Waals surface area contributed by atoms with Gasteiger partial charge in [-0.15, -0.1) is 0 Å². The first-order valence-electron chi connectivity index (χ1n) is 9.37. The average Bonchev–Trinajstić information content (AvgIpc) is 2.77. The van der Waals surface area contributed by atoms with E-state index >= 15 is 0 Å². The summed E-state index contributed by atoms with van der Waals surface area (Å²) < 4.78 is 38.5. The number of rotatable bonds is 10. The largest absolute Gasteiger partial charge is 0.490 e. The van der Waals surface area contributed by atoms with E-state index in [9.17, 15) is 13.2 Å². The number of carbonyl (C=O) groups is 1. The smallest absolute Gasteiger partial charge is 0.335 e. The van der Waals surface area contributed by atoms with Crippen LogP contribution in [0.3, 0.4) is 0 Å². The van der Waals surface area contributed by atoms with E-state index in [1.54, 1.807) is 48.5 Å². The number of hydrogen-bond acceptors (Lipinski definition) is 5. The molecular formula is C23H21NO6S. The van der Waals surface area contributed by atoms with Gasteiger partial charge in [-0.3, -0.25) is 4.72 Å². The van der Waals surface area contributed by atoms with Crippen molar-refractivity contribution in [3.8, 4) is 11.5 Å². The van der Waals surface area contributed by atoms with E-state index in [1.807, 2.05) is 18.2 Å². The normalized spacial score (nSPS) is 11.2. The number of anilines is 1. The van der Waals surface area contributed by atoms with Crippen molar-refractivity contribution in [2.45, 2.75) is 0 Å². The van der Waals surface area contributed by atoms with Crippen LogP contribution in [0.15, 0.2) is 84.3 Å². The number of aromatic carboxylic acids is 1. The topological polar surface area (TPSA) is 102 Å². The summed E-state index contributed by atoms with van der Waals surface area (Å²) in [5.41, 5.74) is 1.25. The number of sulfonamides is 1. The van der Waals surface area contributed by atoms with Crippen LogP contribution in [0.5, 0.6) is 11.5 Å². The Hall–Kier alpha value is -3.78. The predicted octanol–water partition coefficient (Wildman–Crippen LogP) is 4.26. The Balaban J connectivity index is 1.56. The zero-order chi connectivity index (χ0) is 22.1. The van der Waals surface area contributed by atoms with E-state index in [-0.39, 0.29) is 18.8 Å². The number of para-hydroxylation sites is 2. The quantitative estimate of drug-likeness (QED) is 0.458. The summed E-state index contributed by atoms with van der Waals surface area (Å²) in [6.45, 7) is 0.362. The third kappa shape index (κ3) is 6.90. The third-order valence-corrected chi connectivity index (χ3v) is 5.09.